The molecular weight excluding hydrogens is 432 g/mol. The van der Waals surface area contributed by atoms with Gasteiger partial charge in [0.05, 0.1) is 31.8 Å². The van der Waals surface area contributed by atoms with Crippen molar-refractivity contribution < 1.29 is 14.3 Å². The van der Waals surface area contributed by atoms with Crippen LogP contribution in [0.5, 0.6) is 11.5 Å². The fraction of sp³-hybridized carbons (Fsp3) is 0.240. The summed E-state index contributed by atoms with van der Waals surface area (Å²) in [6.45, 7) is 3.94. The Morgan fingerprint density at radius 1 is 1.06 bits per heavy atom. The quantitative estimate of drug-likeness (QED) is 0.487. The average molecular weight is 457 g/mol. The van der Waals surface area contributed by atoms with E-state index in [0.717, 1.165) is 27.9 Å². The molecule has 0 spiro atoms. The summed E-state index contributed by atoms with van der Waals surface area (Å²) in [6, 6.07) is 13.6. The average Bonchev–Trinajstić information content (AvgIpc) is 3.19. The highest BCUT2D eigenvalue weighted by Crippen LogP contribution is 2.43. The molecule has 1 aliphatic rings. The second-order valence-electron chi connectivity index (χ2n) is 8.18. The van der Waals surface area contributed by atoms with E-state index < -0.39 is 0 Å². The van der Waals surface area contributed by atoms with E-state index in [0.29, 0.717) is 23.0 Å². The van der Waals surface area contributed by atoms with Crippen molar-refractivity contribution in [3.8, 4) is 28.7 Å². The molecule has 1 aliphatic heterocycles. The third-order valence-electron chi connectivity index (χ3n) is 6.00. The van der Waals surface area contributed by atoms with Crippen LogP contribution in [0.3, 0.4) is 0 Å². The Labute approximate surface area is 196 Å². The molecular formula is C25H24N6O3. The van der Waals surface area contributed by atoms with E-state index in [9.17, 15) is 4.79 Å². The number of nitrogens with one attached hydrogen (secondary N) is 1. The van der Waals surface area contributed by atoms with Crippen LogP contribution in [0, 0.1) is 13.8 Å². The number of hydrogen-bond acceptors (Lipinski definition) is 7. The van der Waals surface area contributed by atoms with Gasteiger partial charge in [0, 0.05) is 35.1 Å². The van der Waals surface area contributed by atoms with E-state index in [4.69, 9.17) is 9.47 Å². The van der Waals surface area contributed by atoms with Gasteiger partial charge in [0.25, 0.3) is 5.95 Å². The van der Waals surface area contributed by atoms with Crippen LogP contribution in [0.1, 0.15) is 34.7 Å². The van der Waals surface area contributed by atoms with Crippen molar-refractivity contribution in [2.24, 2.45) is 0 Å². The number of carbonyl (C=O) groups is 1. The molecule has 0 bridgehead atoms. The van der Waals surface area contributed by atoms with Crippen LogP contribution in [-0.4, -0.2) is 45.1 Å². The van der Waals surface area contributed by atoms with E-state index in [-0.39, 0.29) is 24.2 Å². The van der Waals surface area contributed by atoms with Gasteiger partial charge in [-0.2, -0.15) is 14.9 Å². The number of fused-ring (bicyclic) bond motifs is 1. The van der Waals surface area contributed by atoms with Gasteiger partial charge >= 0.3 is 0 Å². The fourth-order valence-corrected chi connectivity index (χ4v) is 4.31. The molecule has 1 atom stereocenters. The van der Waals surface area contributed by atoms with Gasteiger partial charge in [-0.05, 0) is 19.9 Å². The first-order chi connectivity index (χ1) is 16.5. The first-order valence-electron chi connectivity index (χ1n) is 10.9. The maximum absolute atomic E-state index is 12.8. The monoisotopic (exact) mass is 456 g/mol. The Morgan fingerprint density at radius 3 is 2.59 bits per heavy atom. The molecule has 2 aromatic carbocycles. The summed E-state index contributed by atoms with van der Waals surface area (Å²) in [5, 5.41) is 16.0. The Balaban J connectivity index is 1.61. The van der Waals surface area contributed by atoms with Crippen LogP contribution in [-0.2, 0) is 4.79 Å². The zero-order valence-electron chi connectivity index (χ0n) is 19.4. The van der Waals surface area contributed by atoms with E-state index in [2.05, 4.69) is 25.6 Å². The van der Waals surface area contributed by atoms with Gasteiger partial charge in [-0.15, -0.1) is 5.10 Å². The number of carbonyl (C=O) groups excluding carboxylic acids is 1. The zero-order valence-corrected chi connectivity index (χ0v) is 19.4. The number of aromatic nitrogens is 5. The predicted molar refractivity (Wildman–Crippen MR) is 126 cm³/mol. The smallest absolute Gasteiger partial charge is 0.272 e. The minimum Gasteiger partial charge on any atom is -0.497 e. The summed E-state index contributed by atoms with van der Waals surface area (Å²) in [5.74, 6) is 1.78. The minimum absolute atomic E-state index is 0.126. The number of ether oxygens (including phenoxy) is 2. The lowest BCUT2D eigenvalue weighted by Crippen LogP contribution is -2.25. The lowest BCUT2D eigenvalue weighted by atomic mass is 9.85. The molecule has 1 N–H and O–H groups in total. The molecule has 0 saturated heterocycles. The van der Waals surface area contributed by atoms with Gasteiger partial charge in [0.15, 0.2) is 0 Å². The molecule has 0 unspecified atom stereocenters. The van der Waals surface area contributed by atoms with Gasteiger partial charge < -0.3 is 14.8 Å². The molecule has 9 heteroatoms. The molecule has 34 heavy (non-hydrogen) atoms. The SMILES string of the molecule is COc1ccc([C@H]2CC(=O)Nc3c2c(C)nn3-c2nncc(-c3ccc(C)cc3)n2)c(OC)c1. The van der Waals surface area contributed by atoms with Crippen LogP contribution >= 0.6 is 0 Å². The molecule has 1 amide bonds. The molecule has 5 rings (SSSR count). The van der Waals surface area contributed by atoms with Crippen molar-refractivity contribution in [2.45, 2.75) is 26.2 Å². The van der Waals surface area contributed by atoms with E-state index in [1.54, 1.807) is 25.1 Å². The maximum atomic E-state index is 12.8. The van der Waals surface area contributed by atoms with Crippen LogP contribution in [0.2, 0.25) is 0 Å². The van der Waals surface area contributed by atoms with Crippen molar-refractivity contribution in [3.63, 3.8) is 0 Å². The third kappa shape index (κ3) is 3.75. The number of anilines is 1. The van der Waals surface area contributed by atoms with Gasteiger partial charge in [-0.1, -0.05) is 35.9 Å². The molecule has 0 radical (unpaired) electrons. The highest BCUT2D eigenvalue weighted by Gasteiger charge is 2.35. The molecule has 172 valence electrons. The first-order valence-corrected chi connectivity index (χ1v) is 10.9. The Hall–Kier alpha value is -4.27. The standard InChI is InChI=1S/C25H24N6O3/c1-14-5-7-16(8-6-14)20-13-26-29-25(27-20)31-24-23(15(2)30-31)19(12-22(32)28-24)18-10-9-17(33-3)11-21(18)34-4/h5-11,13,19H,12H2,1-4H3,(H,28,32)/t19-/m1/s1. The lowest BCUT2D eigenvalue weighted by molar-refractivity contribution is -0.116. The summed E-state index contributed by atoms with van der Waals surface area (Å²) in [4.78, 5) is 17.4. The molecule has 0 fully saturated rings. The van der Waals surface area contributed by atoms with E-state index in [1.807, 2.05) is 56.3 Å². The van der Waals surface area contributed by atoms with Crippen LogP contribution in [0.15, 0.2) is 48.7 Å². The number of amides is 1. The van der Waals surface area contributed by atoms with Crippen molar-refractivity contribution in [1.82, 2.24) is 25.0 Å². The molecule has 0 saturated carbocycles. The van der Waals surface area contributed by atoms with Crippen LogP contribution in [0.25, 0.3) is 17.2 Å². The molecule has 3 heterocycles. The fourth-order valence-electron chi connectivity index (χ4n) is 4.31. The number of hydrogen-bond donors (Lipinski definition) is 1. The van der Waals surface area contributed by atoms with Gasteiger partial charge in [0.2, 0.25) is 5.91 Å². The van der Waals surface area contributed by atoms with Crippen molar-refractivity contribution in [3.05, 3.63) is 71.0 Å². The minimum atomic E-state index is -0.244. The Kier molecular flexibility index (Phi) is 5.45. The van der Waals surface area contributed by atoms with Crippen LogP contribution in [0.4, 0.5) is 5.82 Å². The summed E-state index contributed by atoms with van der Waals surface area (Å²) in [5.41, 5.74) is 5.29. The topological polar surface area (TPSA) is 104 Å². The first kappa shape index (κ1) is 21.6. The largest absolute Gasteiger partial charge is 0.497 e. The second-order valence-corrected chi connectivity index (χ2v) is 8.18. The van der Waals surface area contributed by atoms with E-state index in [1.165, 1.54) is 0 Å². The number of aryl methyl sites for hydroxylation is 2. The molecule has 0 aliphatic carbocycles. The second kappa shape index (κ2) is 8.58. The lowest BCUT2D eigenvalue weighted by Gasteiger charge is -2.25. The van der Waals surface area contributed by atoms with E-state index >= 15 is 0 Å². The zero-order chi connectivity index (χ0) is 23.8. The molecule has 9 nitrogen and oxygen atoms in total. The van der Waals surface area contributed by atoms with Crippen molar-refractivity contribution in [1.29, 1.82) is 0 Å². The summed E-state index contributed by atoms with van der Waals surface area (Å²) < 4.78 is 12.5. The Morgan fingerprint density at radius 2 is 1.85 bits per heavy atom. The highest BCUT2D eigenvalue weighted by molar-refractivity contribution is 5.95. The molecule has 4 aromatic rings. The summed E-state index contributed by atoms with van der Waals surface area (Å²) in [7, 11) is 3.21. The number of benzene rings is 2. The van der Waals surface area contributed by atoms with Crippen molar-refractivity contribution >= 4 is 11.7 Å². The summed E-state index contributed by atoms with van der Waals surface area (Å²) >= 11 is 0. The predicted octanol–water partition coefficient (Wildman–Crippen LogP) is 3.83. The van der Waals surface area contributed by atoms with Gasteiger partial charge in [-0.25, -0.2) is 4.98 Å². The Bertz CT molecular complexity index is 1380. The normalized spacial score (nSPS) is 14.9. The molecule has 2 aromatic heterocycles. The third-order valence-corrected chi connectivity index (χ3v) is 6.00. The number of rotatable bonds is 5. The number of nitrogens with zero attached hydrogens (tertiary/aromatic N) is 5. The van der Waals surface area contributed by atoms with Gasteiger partial charge in [0.1, 0.15) is 17.3 Å². The maximum Gasteiger partial charge on any atom is 0.272 e. The highest BCUT2D eigenvalue weighted by atomic mass is 16.5. The van der Waals surface area contributed by atoms with Gasteiger partial charge in [-0.3, -0.25) is 4.79 Å². The summed E-state index contributed by atoms with van der Waals surface area (Å²) in [6.07, 6.45) is 1.88. The van der Waals surface area contributed by atoms with Crippen LogP contribution < -0.4 is 14.8 Å². The van der Waals surface area contributed by atoms with Crippen molar-refractivity contribution in [2.75, 3.05) is 19.5 Å². The number of methoxy groups -OCH3 is 2.